The Hall–Kier alpha value is -2.41. The molecule has 0 radical (unpaired) electrons. The highest BCUT2D eigenvalue weighted by molar-refractivity contribution is 5.99. The second-order valence-corrected chi connectivity index (χ2v) is 6.53. The number of nitrogens with two attached hydrogens (primary N) is 2. The van der Waals surface area contributed by atoms with Crippen molar-refractivity contribution >= 4 is 22.8 Å². The Labute approximate surface area is 141 Å². The fraction of sp³-hybridized carbons (Fsp3) is 0.471. The number of nitrogens with zero attached hydrogens (tertiary/aromatic N) is 3. The number of hydrogen-bond donors (Lipinski definition) is 3. The van der Waals surface area contributed by atoms with Gasteiger partial charge in [0.15, 0.2) is 11.8 Å². The number of para-hydroxylation sites is 2. The zero-order valence-corrected chi connectivity index (χ0v) is 13.9. The monoisotopic (exact) mass is 328 g/mol. The maximum atomic E-state index is 12.7. The van der Waals surface area contributed by atoms with E-state index in [1.165, 1.54) is 0 Å². The summed E-state index contributed by atoms with van der Waals surface area (Å²) in [4.78, 5) is 19.0. The van der Waals surface area contributed by atoms with Crippen molar-refractivity contribution in [2.24, 2.45) is 24.4 Å². The second-order valence-electron chi connectivity index (χ2n) is 6.53. The van der Waals surface area contributed by atoms with Gasteiger partial charge in [-0.15, -0.1) is 0 Å². The van der Waals surface area contributed by atoms with Gasteiger partial charge in [-0.05, 0) is 37.3 Å². The van der Waals surface area contributed by atoms with Gasteiger partial charge in [0.05, 0.1) is 17.1 Å². The van der Waals surface area contributed by atoms with E-state index in [-0.39, 0.29) is 17.7 Å². The average Bonchev–Trinajstić information content (AvgIpc) is 2.91. The first-order chi connectivity index (χ1) is 11.5. The first kappa shape index (κ1) is 16.4. The third-order valence-electron chi connectivity index (χ3n) is 4.79. The molecule has 2 unspecified atom stereocenters. The van der Waals surface area contributed by atoms with Gasteiger partial charge in [0.2, 0.25) is 5.78 Å². The molecule has 1 aliphatic rings. The van der Waals surface area contributed by atoms with Crippen molar-refractivity contribution in [3.05, 3.63) is 30.1 Å². The van der Waals surface area contributed by atoms with Crippen LogP contribution >= 0.6 is 0 Å². The molecule has 3 rings (SSSR count). The molecule has 24 heavy (non-hydrogen) atoms. The number of imidazole rings is 1. The Kier molecular flexibility index (Phi) is 4.53. The van der Waals surface area contributed by atoms with Gasteiger partial charge in [-0.3, -0.25) is 10.2 Å². The number of carbonyl (C=O) groups is 1. The number of ketones is 1. The summed E-state index contributed by atoms with van der Waals surface area (Å²) < 4.78 is 1.81. The molecule has 0 spiro atoms. The fourth-order valence-electron chi connectivity index (χ4n) is 3.47. The summed E-state index contributed by atoms with van der Waals surface area (Å²) in [5.41, 5.74) is 13.5. The first-order valence-corrected chi connectivity index (χ1v) is 8.27. The molecular weight excluding hydrogens is 304 g/mol. The highest BCUT2D eigenvalue weighted by Gasteiger charge is 2.27. The van der Waals surface area contributed by atoms with Crippen LogP contribution < -0.4 is 11.5 Å². The number of Topliss-reactive ketones (excluding diaryl/α,β-unsaturated/α-hetero) is 1. The van der Waals surface area contributed by atoms with Gasteiger partial charge in [0.1, 0.15) is 0 Å². The van der Waals surface area contributed by atoms with E-state index in [2.05, 4.69) is 4.98 Å². The Bertz CT molecular complexity index is 768. The van der Waals surface area contributed by atoms with Gasteiger partial charge < -0.3 is 20.9 Å². The number of fused-ring (bicyclic) bond motifs is 1. The van der Waals surface area contributed by atoms with Crippen LogP contribution in [0.15, 0.2) is 24.3 Å². The van der Waals surface area contributed by atoms with Gasteiger partial charge in [0.25, 0.3) is 0 Å². The third-order valence-corrected chi connectivity index (χ3v) is 4.79. The molecule has 1 fully saturated rings. The lowest BCUT2D eigenvalue weighted by Gasteiger charge is -2.33. The zero-order valence-electron chi connectivity index (χ0n) is 13.9. The van der Waals surface area contributed by atoms with Crippen LogP contribution in [0.5, 0.6) is 0 Å². The Balaban J connectivity index is 1.72. The maximum absolute atomic E-state index is 12.7. The van der Waals surface area contributed by atoms with Gasteiger partial charge in [-0.25, -0.2) is 4.98 Å². The number of aryl methyl sites for hydroxylation is 1. The Morgan fingerprint density at radius 3 is 2.92 bits per heavy atom. The van der Waals surface area contributed by atoms with Crippen LogP contribution in [-0.4, -0.2) is 45.3 Å². The van der Waals surface area contributed by atoms with E-state index in [1.807, 2.05) is 36.2 Å². The van der Waals surface area contributed by atoms with Gasteiger partial charge >= 0.3 is 0 Å². The minimum Gasteiger partial charge on any atom is -0.370 e. The van der Waals surface area contributed by atoms with Crippen LogP contribution in [0.4, 0.5) is 0 Å². The summed E-state index contributed by atoms with van der Waals surface area (Å²) in [7, 11) is 1.84. The van der Waals surface area contributed by atoms with Gasteiger partial charge in [0, 0.05) is 20.1 Å². The SMILES string of the molecule is Cn1c(C(=O)C(N)CC2CCCN(C(=N)N)C2)nc2ccccc21. The molecule has 2 aromatic rings. The van der Waals surface area contributed by atoms with Crippen molar-refractivity contribution in [3.63, 3.8) is 0 Å². The van der Waals surface area contributed by atoms with Crippen LogP contribution in [0.3, 0.4) is 0 Å². The molecule has 5 N–H and O–H groups in total. The lowest BCUT2D eigenvalue weighted by molar-refractivity contribution is 0.0927. The molecular formula is C17H24N6O. The van der Waals surface area contributed by atoms with Crippen molar-refractivity contribution in [2.45, 2.75) is 25.3 Å². The van der Waals surface area contributed by atoms with Crippen molar-refractivity contribution < 1.29 is 4.79 Å². The molecule has 7 heteroatoms. The van der Waals surface area contributed by atoms with E-state index in [1.54, 1.807) is 4.57 Å². The Morgan fingerprint density at radius 2 is 2.21 bits per heavy atom. The summed E-state index contributed by atoms with van der Waals surface area (Å²) in [6, 6.07) is 7.08. The molecule has 0 bridgehead atoms. The average molecular weight is 328 g/mol. The lowest BCUT2D eigenvalue weighted by Crippen LogP contribution is -2.45. The molecule has 0 aliphatic carbocycles. The van der Waals surface area contributed by atoms with Gasteiger partial charge in [-0.2, -0.15) is 0 Å². The number of aromatic nitrogens is 2. The van der Waals surface area contributed by atoms with E-state index in [0.29, 0.717) is 18.8 Å². The fourth-order valence-corrected chi connectivity index (χ4v) is 3.47. The smallest absolute Gasteiger partial charge is 0.214 e. The van der Waals surface area contributed by atoms with Gasteiger partial charge in [-0.1, -0.05) is 12.1 Å². The first-order valence-electron chi connectivity index (χ1n) is 8.27. The molecule has 2 atom stereocenters. The molecule has 1 saturated heterocycles. The summed E-state index contributed by atoms with van der Waals surface area (Å²) in [6.07, 6.45) is 2.57. The standard InChI is InChI=1S/C17H24N6O/c1-22-14-7-3-2-6-13(14)21-16(22)15(24)12(18)9-11-5-4-8-23(10-11)17(19)20/h2-3,6-7,11-12H,4-5,8-10,18H2,1H3,(H3,19,20). The number of piperidine rings is 1. The van der Waals surface area contributed by atoms with Crippen LogP contribution in [0, 0.1) is 11.3 Å². The van der Waals surface area contributed by atoms with E-state index >= 15 is 0 Å². The summed E-state index contributed by atoms with van der Waals surface area (Å²) in [5.74, 6) is 0.641. The summed E-state index contributed by atoms with van der Waals surface area (Å²) in [5, 5.41) is 7.56. The number of hydrogen-bond acceptors (Lipinski definition) is 4. The number of guanidine groups is 1. The highest BCUT2D eigenvalue weighted by Crippen LogP contribution is 2.22. The van der Waals surface area contributed by atoms with E-state index < -0.39 is 6.04 Å². The van der Waals surface area contributed by atoms with Crippen LogP contribution in [0.1, 0.15) is 29.9 Å². The molecule has 0 saturated carbocycles. The molecule has 0 amide bonds. The normalized spacial score (nSPS) is 19.4. The van der Waals surface area contributed by atoms with Crippen molar-refractivity contribution in [2.75, 3.05) is 13.1 Å². The van der Waals surface area contributed by atoms with E-state index in [0.717, 1.165) is 30.4 Å². The quantitative estimate of drug-likeness (QED) is 0.441. The molecule has 128 valence electrons. The molecule has 1 aromatic carbocycles. The minimum absolute atomic E-state index is 0.0925. The molecule has 1 aromatic heterocycles. The summed E-state index contributed by atoms with van der Waals surface area (Å²) in [6.45, 7) is 1.50. The van der Waals surface area contributed by atoms with Crippen LogP contribution in [-0.2, 0) is 7.05 Å². The molecule has 7 nitrogen and oxygen atoms in total. The van der Waals surface area contributed by atoms with E-state index in [9.17, 15) is 4.79 Å². The number of rotatable bonds is 4. The Morgan fingerprint density at radius 1 is 1.46 bits per heavy atom. The van der Waals surface area contributed by atoms with Crippen molar-refractivity contribution in [3.8, 4) is 0 Å². The lowest BCUT2D eigenvalue weighted by atomic mass is 9.90. The number of benzene rings is 1. The minimum atomic E-state index is -0.586. The number of likely N-dealkylation sites (tertiary alicyclic amines) is 1. The molecule has 2 heterocycles. The summed E-state index contributed by atoms with van der Waals surface area (Å²) >= 11 is 0. The highest BCUT2D eigenvalue weighted by atomic mass is 16.1. The number of carbonyl (C=O) groups excluding carboxylic acids is 1. The predicted octanol–water partition coefficient (Wildman–Crippen LogP) is 1.08. The topological polar surface area (TPSA) is 114 Å². The molecule has 1 aliphatic heterocycles. The van der Waals surface area contributed by atoms with Crippen LogP contribution in [0.25, 0.3) is 11.0 Å². The number of nitrogens with one attached hydrogen (secondary N) is 1. The van der Waals surface area contributed by atoms with E-state index in [4.69, 9.17) is 16.9 Å². The van der Waals surface area contributed by atoms with Crippen molar-refractivity contribution in [1.29, 1.82) is 5.41 Å². The van der Waals surface area contributed by atoms with Crippen molar-refractivity contribution in [1.82, 2.24) is 14.5 Å². The maximum Gasteiger partial charge on any atom is 0.214 e. The second kappa shape index (κ2) is 6.60. The third kappa shape index (κ3) is 3.12. The predicted molar refractivity (Wildman–Crippen MR) is 93.8 cm³/mol. The largest absolute Gasteiger partial charge is 0.370 e. The zero-order chi connectivity index (χ0) is 17.3. The van der Waals surface area contributed by atoms with Crippen LogP contribution in [0.2, 0.25) is 0 Å².